The van der Waals surface area contributed by atoms with Crippen LogP contribution in [0.4, 0.5) is 5.82 Å². The molecule has 1 aromatic carbocycles. The lowest BCUT2D eigenvalue weighted by atomic mass is 10.1. The second-order valence-corrected chi connectivity index (χ2v) is 5.10. The Hall–Kier alpha value is -2.04. The fraction of sp³-hybridized carbons (Fsp3) is 0.188. The molecular weight excluding hydrogens is 286 g/mol. The van der Waals surface area contributed by atoms with E-state index in [-0.39, 0.29) is 0 Å². The summed E-state index contributed by atoms with van der Waals surface area (Å²) >= 11 is 5.96. The largest absolute Gasteiger partial charge is 0.383 e. The number of hydrogen-bond donors (Lipinski definition) is 1. The molecular formula is C16H16ClN3O. The Kier molecular flexibility index (Phi) is 4.08. The molecule has 0 amide bonds. The van der Waals surface area contributed by atoms with E-state index in [1.165, 1.54) is 0 Å². The lowest BCUT2D eigenvalue weighted by Crippen LogP contribution is -2.09. The molecule has 21 heavy (non-hydrogen) atoms. The van der Waals surface area contributed by atoms with Gasteiger partial charge in [-0.05, 0) is 24.3 Å². The van der Waals surface area contributed by atoms with E-state index in [1.807, 2.05) is 53.1 Å². The molecule has 2 heterocycles. The Balaban J connectivity index is 2.07. The standard InChI is InChI=1S/C16H16ClN3O/c1-21-11-9-18-16-15(12-5-7-13(17)8-6-12)19-14-4-2-3-10-20(14)16/h2-8,10,18H,9,11H2,1H3. The van der Waals surface area contributed by atoms with Crippen molar-refractivity contribution >= 4 is 23.1 Å². The van der Waals surface area contributed by atoms with Crippen LogP contribution in [0.1, 0.15) is 0 Å². The maximum atomic E-state index is 5.96. The lowest BCUT2D eigenvalue weighted by molar-refractivity contribution is 0.210. The van der Waals surface area contributed by atoms with Crippen LogP contribution in [0.2, 0.25) is 5.02 Å². The van der Waals surface area contributed by atoms with Crippen molar-refractivity contribution in [3.05, 3.63) is 53.7 Å². The normalized spacial score (nSPS) is 11.0. The molecule has 0 aliphatic heterocycles. The van der Waals surface area contributed by atoms with Crippen LogP contribution in [0.15, 0.2) is 48.7 Å². The molecule has 1 N–H and O–H groups in total. The predicted molar refractivity (Wildman–Crippen MR) is 86.0 cm³/mol. The summed E-state index contributed by atoms with van der Waals surface area (Å²) in [5.41, 5.74) is 2.85. The average Bonchev–Trinajstić information content (AvgIpc) is 2.87. The van der Waals surface area contributed by atoms with E-state index in [0.717, 1.165) is 34.3 Å². The number of ether oxygens (including phenoxy) is 1. The summed E-state index contributed by atoms with van der Waals surface area (Å²) in [6, 6.07) is 13.7. The van der Waals surface area contributed by atoms with Gasteiger partial charge in [-0.3, -0.25) is 4.40 Å². The van der Waals surface area contributed by atoms with Crippen molar-refractivity contribution in [3.63, 3.8) is 0 Å². The first-order valence-corrected chi connectivity index (χ1v) is 7.13. The van der Waals surface area contributed by atoms with Gasteiger partial charge in [0.25, 0.3) is 0 Å². The molecule has 3 aromatic rings. The van der Waals surface area contributed by atoms with Crippen molar-refractivity contribution < 1.29 is 4.74 Å². The van der Waals surface area contributed by atoms with Gasteiger partial charge in [-0.25, -0.2) is 4.98 Å². The van der Waals surface area contributed by atoms with E-state index in [9.17, 15) is 0 Å². The highest BCUT2D eigenvalue weighted by molar-refractivity contribution is 6.30. The van der Waals surface area contributed by atoms with E-state index in [4.69, 9.17) is 21.3 Å². The second-order valence-electron chi connectivity index (χ2n) is 4.66. The van der Waals surface area contributed by atoms with Crippen molar-refractivity contribution in [1.29, 1.82) is 0 Å². The maximum absolute atomic E-state index is 5.96. The fourth-order valence-corrected chi connectivity index (χ4v) is 2.37. The van der Waals surface area contributed by atoms with Crippen LogP contribution >= 0.6 is 11.6 Å². The quantitative estimate of drug-likeness (QED) is 0.730. The molecule has 0 aliphatic carbocycles. The van der Waals surface area contributed by atoms with Crippen molar-refractivity contribution in [2.75, 3.05) is 25.6 Å². The third-order valence-electron chi connectivity index (χ3n) is 3.25. The van der Waals surface area contributed by atoms with Gasteiger partial charge >= 0.3 is 0 Å². The number of methoxy groups -OCH3 is 1. The number of anilines is 1. The predicted octanol–water partition coefficient (Wildman–Crippen LogP) is 3.71. The van der Waals surface area contributed by atoms with Crippen LogP contribution in [0, 0.1) is 0 Å². The van der Waals surface area contributed by atoms with Gasteiger partial charge in [0.15, 0.2) is 0 Å². The number of rotatable bonds is 5. The van der Waals surface area contributed by atoms with E-state index in [0.29, 0.717) is 6.61 Å². The highest BCUT2D eigenvalue weighted by atomic mass is 35.5. The second kappa shape index (κ2) is 6.16. The number of benzene rings is 1. The molecule has 0 bridgehead atoms. The molecule has 3 rings (SSSR count). The number of pyridine rings is 1. The van der Waals surface area contributed by atoms with Gasteiger partial charge in [-0.15, -0.1) is 0 Å². The summed E-state index contributed by atoms with van der Waals surface area (Å²) in [6.45, 7) is 1.36. The van der Waals surface area contributed by atoms with Crippen LogP contribution in [0.3, 0.4) is 0 Å². The van der Waals surface area contributed by atoms with Gasteiger partial charge < -0.3 is 10.1 Å². The number of imidazole rings is 1. The molecule has 108 valence electrons. The number of nitrogens with one attached hydrogen (secondary N) is 1. The Labute approximate surface area is 128 Å². The summed E-state index contributed by atoms with van der Waals surface area (Å²) in [5.74, 6) is 0.963. The average molecular weight is 302 g/mol. The highest BCUT2D eigenvalue weighted by Crippen LogP contribution is 2.29. The van der Waals surface area contributed by atoms with E-state index in [1.54, 1.807) is 7.11 Å². The van der Waals surface area contributed by atoms with Gasteiger partial charge in [0.05, 0.1) is 6.61 Å². The van der Waals surface area contributed by atoms with Crippen molar-refractivity contribution in [2.24, 2.45) is 0 Å². The molecule has 0 unspecified atom stereocenters. The summed E-state index contributed by atoms with van der Waals surface area (Å²) in [5, 5.41) is 4.11. The first-order chi connectivity index (χ1) is 10.3. The first-order valence-electron chi connectivity index (χ1n) is 6.75. The minimum absolute atomic E-state index is 0.639. The van der Waals surface area contributed by atoms with Crippen molar-refractivity contribution in [3.8, 4) is 11.3 Å². The van der Waals surface area contributed by atoms with E-state index in [2.05, 4.69) is 5.32 Å². The summed E-state index contributed by atoms with van der Waals surface area (Å²) < 4.78 is 7.15. The minimum atomic E-state index is 0.639. The number of nitrogens with zero attached hydrogens (tertiary/aromatic N) is 2. The van der Waals surface area contributed by atoms with Gasteiger partial charge in [0.2, 0.25) is 0 Å². The molecule has 2 aromatic heterocycles. The van der Waals surface area contributed by atoms with Crippen LogP contribution < -0.4 is 5.32 Å². The monoisotopic (exact) mass is 301 g/mol. The fourth-order valence-electron chi connectivity index (χ4n) is 2.25. The van der Waals surface area contributed by atoms with Gasteiger partial charge in [0, 0.05) is 30.4 Å². The van der Waals surface area contributed by atoms with E-state index >= 15 is 0 Å². The van der Waals surface area contributed by atoms with Gasteiger partial charge in [-0.2, -0.15) is 0 Å². The molecule has 0 fully saturated rings. The molecule has 0 spiro atoms. The number of aromatic nitrogens is 2. The first kappa shape index (κ1) is 13.9. The van der Waals surface area contributed by atoms with Crippen LogP contribution in [-0.4, -0.2) is 29.6 Å². The SMILES string of the molecule is COCCNc1c(-c2ccc(Cl)cc2)nc2ccccn12. The Bertz CT molecular complexity index is 737. The van der Waals surface area contributed by atoms with Crippen LogP contribution in [-0.2, 0) is 4.74 Å². The van der Waals surface area contributed by atoms with Crippen molar-refractivity contribution in [1.82, 2.24) is 9.38 Å². The zero-order valence-corrected chi connectivity index (χ0v) is 12.5. The third-order valence-corrected chi connectivity index (χ3v) is 3.50. The van der Waals surface area contributed by atoms with Crippen LogP contribution in [0.5, 0.6) is 0 Å². The molecule has 0 aliphatic rings. The smallest absolute Gasteiger partial charge is 0.139 e. The molecule has 5 heteroatoms. The Morgan fingerprint density at radius 3 is 2.76 bits per heavy atom. The third kappa shape index (κ3) is 2.86. The summed E-state index contributed by atoms with van der Waals surface area (Å²) in [6.07, 6.45) is 2.00. The van der Waals surface area contributed by atoms with Gasteiger partial charge in [-0.1, -0.05) is 29.8 Å². The van der Waals surface area contributed by atoms with Crippen LogP contribution in [0.25, 0.3) is 16.9 Å². The molecule has 0 saturated carbocycles. The number of fused-ring (bicyclic) bond motifs is 1. The maximum Gasteiger partial charge on any atom is 0.139 e. The zero-order chi connectivity index (χ0) is 14.7. The Morgan fingerprint density at radius 1 is 1.19 bits per heavy atom. The topological polar surface area (TPSA) is 38.6 Å². The summed E-state index contributed by atoms with van der Waals surface area (Å²) in [4.78, 5) is 4.71. The number of hydrogen-bond acceptors (Lipinski definition) is 3. The van der Waals surface area contributed by atoms with Crippen molar-refractivity contribution in [2.45, 2.75) is 0 Å². The van der Waals surface area contributed by atoms with Gasteiger partial charge in [0.1, 0.15) is 17.2 Å². The molecule has 0 atom stereocenters. The molecule has 4 nitrogen and oxygen atoms in total. The molecule has 0 radical (unpaired) electrons. The van der Waals surface area contributed by atoms with E-state index < -0.39 is 0 Å². The lowest BCUT2D eigenvalue weighted by Gasteiger charge is -2.08. The molecule has 0 saturated heterocycles. The summed E-state index contributed by atoms with van der Waals surface area (Å²) in [7, 11) is 1.69. The minimum Gasteiger partial charge on any atom is -0.383 e. The Morgan fingerprint density at radius 2 is 2.00 bits per heavy atom. The number of halogens is 1. The zero-order valence-electron chi connectivity index (χ0n) is 11.7. The highest BCUT2D eigenvalue weighted by Gasteiger charge is 2.13.